The van der Waals surface area contributed by atoms with Gasteiger partial charge in [0.1, 0.15) is 0 Å². The molecule has 0 amide bonds. The summed E-state index contributed by atoms with van der Waals surface area (Å²) in [5.74, 6) is 0.667. The fourth-order valence-electron chi connectivity index (χ4n) is 9.49. The van der Waals surface area contributed by atoms with E-state index in [0.29, 0.717) is 5.95 Å². The molecule has 0 spiro atoms. The van der Waals surface area contributed by atoms with Gasteiger partial charge in [0.2, 0.25) is 5.95 Å². The molecule has 258 valence electrons. The highest BCUT2D eigenvalue weighted by atomic mass is 15.2. The van der Waals surface area contributed by atoms with Gasteiger partial charge in [0.05, 0.1) is 33.3 Å². The van der Waals surface area contributed by atoms with Crippen molar-refractivity contribution in [2.45, 2.75) is 19.3 Å². The van der Waals surface area contributed by atoms with E-state index in [1.165, 1.54) is 60.2 Å². The van der Waals surface area contributed by atoms with E-state index in [9.17, 15) is 0 Å². The van der Waals surface area contributed by atoms with Gasteiger partial charge in [-0.05, 0) is 87.6 Å². The summed E-state index contributed by atoms with van der Waals surface area (Å²) in [5, 5.41) is 8.29. The number of nitrogens with zero attached hydrogens (tertiary/aromatic N) is 4. The van der Waals surface area contributed by atoms with Gasteiger partial charge in [-0.1, -0.05) is 129 Å². The number of benzene rings is 8. The summed E-state index contributed by atoms with van der Waals surface area (Å²) in [4.78, 5) is 10.8. The predicted octanol–water partition coefficient (Wildman–Crippen LogP) is 13.0. The molecule has 0 aliphatic heterocycles. The molecule has 1 aliphatic rings. The van der Waals surface area contributed by atoms with E-state index in [2.05, 4.69) is 193 Å². The molecule has 0 unspecified atom stereocenters. The molecule has 4 heteroatoms. The SMILES string of the molecule is CC1(C)c2ccccc2-c2ccc(-c3nc(-n4c5ccccc5c5cc6ccc(-n7c8ccccc8c8ccccc87)cc6cc54)nc4ccccc34)cc21. The first kappa shape index (κ1) is 30.4. The van der Waals surface area contributed by atoms with E-state index >= 15 is 0 Å². The normalized spacial score (nSPS) is 13.4. The highest BCUT2D eigenvalue weighted by Crippen LogP contribution is 2.50. The van der Waals surface area contributed by atoms with Crippen molar-refractivity contribution in [1.29, 1.82) is 0 Å². The minimum absolute atomic E-state index is 0.112. The Labute approximate surface area is 317 Å². The van der Waals surface area contributed by atoms with Crippen LogP contribution in [0.4, 0.5) is 0 Å². The monoisotopic (exact) mass is 702 g/mol. The van der Waals surface area contributed by atoms with E-state index in [1.54, 1.807) is 0 Å². The topological polar surface area (TPSA) is 35.6 Å². The third-order valence-corrected chi connectivity index (χ3v) is 12.1. The number of hydrogen-bond acceptors (Lipinski definition) is 2. The lowest BCUT2D eigenvalue weighted by molar-refractivity contribution is 0.660. The Morgan fingerprint density at radius 3 is 1.80 bits per heavy atom. The van der Waals surface area contributed by atoms with Crippen molar-refractivity contribution in [2.24, 2.45) is 0 Å². The Kier molecular flexibility index (Phi) is 6.09. The first-order chi connectivity index (χ1) is 27.0. The second kappa shape index (κ2) is 11.0. The molecule has 3 aromatic heterocycles. The van der Waals surface area contributed by atoms with Crippen molar-refractivity contribution in [3.63, 3.8) is 0 Å². The van der Waals surface area contributed by atoms with Gasteiger partial charge in [-0.3, -0.25) is 4.57 Å². The summed E-state index contributed by atoms with van der Waals surface area (Å²) < 4.78 is 4.65. The Morgan fingerprint density at radius 2 is 1.04 bits per heavy atom. The van der Waals surface area contributed by atoms with Crippen LogP contribution >= 0.6 is 0 Å². The maximum absolute atomic E-state index is 5.49. The van der Waals surface area contributed by atoms with Gasteiger partial charge >= 0.3 is 0 Å². The number of rotatable bonds is 3. The Morgan fingerprint density at radius 1 is 0.418 bits per heavy atom. The molecule has 1 aliphatic carbocycles. The second-order valence-electron chi connectivity index (χ2n) is 15.4. The number of fused-ring (bicyclic) bond motifs is 11. The van der Waals surface area contributed by atoms with Crippen LogP contribution in [-0.4, -0.2) is 19.1 Å². The van der Waals surface area contributed by atoms with Crippen LogP contribution in [0, 0.1) is 0 Å². The van der Waals surface area contributed by atoms with Crippen LogP contribution in [0.25, 0.3) is 99.3 Å². The zero-order chi connectivity index (χ0) is 36.4. The predicted molar refractivity (Wildman–Crippen MR) is 229 cm³/mol. The fraction of sp³-hybridized carbons (Fsp3) is 0.0588. The summed E-state index contributed by atoms with van der Waals surface area (Å²) in [6, 6.07) is 61.6. The van der Waals surface area contributed by atoms with Crippen LogP contribution in [0.2, 0.25) is 0 Å². The van der Waals surface area contributed by atoms with E-state index < -0.39 is 0 Å². The molecule has 0 saturated carbocycles. The lowest BCUT2D eigenvalue weighted by atomic mass is 9.82. The number of hydrogen-bond donors (Lipinski definition) is 0. The van der Waals surface area contributed by atoms with Crippen molar-refractivity contribution < 1.29 is 0 Å². The molecule has 0 bridgehead atoms. The van der Waals surface area contributed by atoms with Crippen LogP contribution in [-0.2, 0) is 5.41 Å². The summed E-state index contributed by atoms with van der Waals surface area (Å²) in [6.45, 7) is 4.67. The minimum Gasteiger partial charge on any atom is -0.309 e. The molecular formula is C51H34N4. The highest BCUT2D eigenvalue weighted by molar-refractivity contribution is 6.14. The lowest BCUT2D eigenvalue weighted by Crippen LogP contribution is -2.15. The first-order valence-corrected chi connectivity index (χ1v) is 19.0. The molecule has 55 heavy (non-hydrogen) atoms. The van der Waals surface area contributed by atoms with Crippen LogP contribution in [0.5, 0.6) is 0 Å². The first-order valence-electron chi connectivity index (χ1n) is 19.0. The summed E-state index contributed by atoms with van der Waals surface area (Å²) >= 11 is 0. The zero-order valence-corrected chi connectivity index (χ0v) is 30.5. The smallest absolute Gasteiger partial charge is 0.235 e. The fourth-order valence-corrected chi connectivity index (χ4v) is 9.49. The number of para-hydroxylation sites is 4. The quantitative estimate of drug-likeness (QED) is 0.184. The van der Waals surface area contributed by atoms with E-state index in [0.717, 1.165) is 44.3 Å². The standard InChI is InChI=1S/C51H34N4/c1-51(2)42-18-8-3-13-35(42)36-26-24-32(29-43(36)51)49-40-17-4-9-19-44(40)52-50(53-49)55-47-22-12-7-16-39(47)41-28-31-23-25-34(27-33(31)30-48(41)55)54-45-20-10-5-14-37(45)38-15-6-11-21-46(38)54/h3-30H,1-2H3. The minimum atomic E-state index is -0.112. The second-order valence-corrected chi connectivity index (χ2v) is 15.4. The molecular weight excluding hydrogens is 669 g/mol. The maximum atomic E-state index is 5.49. The molecule has 0 saturated heterocycles. The van der Waals surface area contributed by atoms with Gasteiger partial charge in [0, 0.05) is 43.6 Å². The Hall–Kier alpha value is -7.04. The molecule has 4 nitrogen and oxygen atoms in total. The van der Waals surface area contributed by atoms with Crippen molar-refractivity contribution in [3.05, 3.63) is 181 Å². The van der Waals surface area contributed by atoms with Gasteiger partial charge in [0.25, 0.3) is 0 Å². The molecule has 0 radical (unpaired) electrons. The van der Waals surface area contributed by atoms with E-state index in [4.69, 9.17) is 9.97 Å². The summed E-state index contributed by atoms with van der Waals surface area (Å²) in [6.07, 6.45) is 0. The molecule has 0 N–H and O–H groups in total. The summed E-state index contributed by atoms with van der Waals surface area (Å²) in [5.41, 5.74) is 13.9. The van der Waals surface area contributed by atoms with Gasteiger partial charge in [0.15, 0.2) is 0 Å². The molecule has 0 atom stereocenters. The highest BCUT2D eigenvalue weighted by Gasteiger charge is 2.35. The maximum Gasteiger partial charge on any atom is 0.235 e. The van der Waals surface area contributed by atoms with Gasteiger partial charge in [-0.25, -0.2) is 9.97 Å². The van der Waals surface area contributed by atoms with Gasteiger partial charge < -0.3 is 4.57 Å². The number of aromatic nitrogens is 4. The van der Waals surface area contributed by atoms with Crippen LogP contribution in [0.1, 0.15) is 25.0 Å². The Balaban J connectivity index is 1.10. The van der Waals surface area contributed by atoms with Crippen LogP contribution in [0.3, 0.4) is 0 Å². The summed E-state index contributed by atoms with van der Waals surface area (Å²) in [7, 11) is 0. The molecule has 11 aromatic rings. The third kappa shape index (κ3) is 4.22. The van der Waals surface area contributed by atoms with Crippen LogP contribution in [0.15, 0.2) is 170 Å². The van der Waals surface area contributed by atoms with Crippen molar-refractivity contribution in [3.8, 4) is 34.0 Å². The zero-order valence-electron chi connectivity index (χ0n) is 30.5. The van der Waals surface area contributed by atoms with Crippen molar-refractivity contribution in [2.75, 3.05) is 0 Å². The largest absolute Gasteiger partial charge is 0.309 e. The van der Waals surface area contributed by atoms with Gasteiger partial charge in [-0.2, -0.15) is 0 Å². The van der Waals surface area contributed by atoms with Crippen molar-refractivity contribution >= 4 is 65.3 Å². The van der Waals surface area contributed by atoms with E-state index in [1.807, 2.05) is 0 Å². The molecule has 12 rings (SSSR count). The van der Waals surface area contributed by atoms with E-state index in [-0.39, 0.29) is 5.41 Å². The average molecular weight is 703 g/mol. The lowest BCUT2D eigenvalue weighted by Gasteiger charge is -2.22. The Bertz CT molecular complexity index is 3360. The molecule has 0 fully saturated rings. The average Bonchev–Trinajstić information content (AvgIpc) is 3.82. The van der Waals surface area contributed by atoms with Gasteiger partial charge in [-0.15, -0.1) is 0 Å². The molecule has 8 aromatic carbocycles. The molecule has 3 heterocycles. The van der Waals surface area contributed by atoms with Crippen molar-refractivity contribution in [1.82, 2.24) is 19.1 Å². The third-order valence-electron chi connectivity index (χ3n) is 12.1. The van der Waals surface area contributed by atoms with Crippen LogP contribution < -0.4 is 0 Å².